The Balaban J connectivity index is 1.31. The van der Waals surface area contributed by atoms with E-state index in [1.165, 1.54) is 0 Å². The number of ether oxygens (including phenoxy) is 1. The van der Waals surface area contributed by atoms with Crippen LogP contribution in [0, 0.1) is 13.8 Å². The van der Waals surface area contributed by atoms with Crippen molar-refractivity contribution < 1.29 is 13.2 Å². The highest BCUT2D eigenvalue weighted by Gasteiger charge is 2.13. The van der Waals surface area contributed by atoms with Crippen LogP contribution in [0.5, 0.6) is 11.5 Å². The van der Waals surface area contributed by atoms with E-state index in [9.17, 15) is 8.42 Å². The highest BCUT2D eigenvalue weighted by molar-refractivity contribution is 7.89. The van der Waals surface area contributed by atoms with E-state index >= 15 is 0 Å². The third-order valence-corrected chi connectivity index (χ3v) is 6.26. The number of hydrogen-bond acceptors (Lipinski definition) is 5. The van der Waals surface area contributed by atoms with E-state index in [0.717, 1.165) is 22.5 Å². The fourth-order valence-electron chi connectivity index (χ4n) is 3.25. The van der Waals surface area contributed by atoms with Gasteiger partial charge in [-0.25, -0.2) is 22.6 Å². The second-order valence-electron chi connectivity index (χ2n) is 7.44. The van der Waals surface area contributed by atoms with E-state index < -0.39 is 10.0 Å². The molecule has 31 heavy (non-hydrogen) atoms. The van der Waals surface area contributed by atoms with Gasteiger partial charge in [0, 0.05) is 25.0 Å². The van der Waals surface area contributed by atoms with Crippen LogP contribution in [0.2, 0.25) is 0 Å². The summed E-state index contributed by atoms with van der Waals surface area (Å²) in [7, 11) is -3.58. The predicted molar refractivity (Wildman–Crippen MR) is 119 cm³/mol. The number of hydrogen-bond donors (Lipinski definition) is 1. The quantitative estimate of drug-likeness (QED) is 0.421. The van der Waals surface area contributed by atoms with Crippen molar-refractivity contribution in [2.75, 3.05) is 6.54 Å². The van der Waals surface area contributed by atoms with E-state index in [1.807, 2.05) is 50.4 Å². The highest BCUT2D eigenvalue weighted by atomic mass is 32.2. The summed E-state index contributed by atoms with van der Waals surface area (Å²) in [5, 5.41) is 4.35. The molecule has 7 nitrogen and oxygen atoms in total. The van der Waals surface area contributed by atoms with E-state index in [0.29, 0.717) is 30.9 Å². The Bertz CT molecular complexity index is 1300. The van der Waals surface area contributed by atoms with Crippen molar-refractivity contribution in [3.63, 3.8) is 0 Å². The van der Waals surface area contributed by atoms with Crippen LogP contribution in [0.15, 0.2) is 71.9 Å². The molecule has 0 aliphatic heterocycles. The SMILES string of the molecule is Cc1cccc(Oc2ccc(S(=O)(=O)NCCCc3cnc4cc(C)nn4c3)cc2)c1. The number of aromatic nitrogens is 3. The summed E-state index contributed by atoms with van der Waals surface area (Å²) in [4.78, 5) is 4.58. The predicted octanol–water partition coefficient (Wildman–Crippen LogP) is 4.05. The monoisotopic (exact) mass is 436 g/mol. The molecule has 0 saturated carbocycles. The molecule has 0 unspecified atom stereocenters. The van der Waals surface area contributed by atoms with Gasteiger partial charge in [0.25, 0.3) is 0 Å². The Morgan fingerprint density at radius 2 is 1.84 bits per heavy atom. The third kappa shape index (κ3) is 5.28. The Labute approximate surface area is 181 Å². The minimum atomic E-state index is -3.58. The summed E-state index contributed by atoms with van der Waals surface area (Å²) in [6.07, 6.45) is 5.09. The number of benzene rings is 2. The average Bonchev–Trinajstić information content (AvgIpc) is 3.11. The number of fused-ring (bicyclic) bond motifs is 1. The molecule has 0 saturated heterocycles. The standard InChI is InChI=1S/C23H24N4O3S/c1-17-5-3-7-21(13-17)30-20-8-10-22(11-9-20)31(28,29)25-12-4-6-19-15-24-23-14-18(2)26-27(23)16-19/h3,5,7-11,13-16,25H,4,6,12H2,1-2H3. The van der Waals surface area contributed by atoms with Gasteiger partial charge in [-0.3, -0.25) is 0 Å². The van der Waals surface area contributed by atoms with Crippen LogP contribution >= 0.6 is 0 Å². The Kier molecular flexibility index (Phi) is 6.01. The first kappa shape index (κ1) is 21.0. The van der Waals surface area contributed by atoms with Gasteiger partial charge in [0.05, 0.1) is 10.6 Å². The van der Waals surface area contributed by atoms with Gasteiger partial charge in [-0.05, 0) is 74.2 Å². The van der Waals surface area contributed by atoms with Crippen LogP contribution in [0.4, 0.5) is 0 Å². The van der Waals surface area contributed by atoms with E-state index in [-0.39, 0.29) is 4.90 Å². The molecule has 4 aromatic rings. The molecule has 0 spiro atoms. The van der Waals surface area contributed by atoms with E-state index in [2.05, 4.69) is 14.8 Å². The van der Waals surface area contributed by atoms with Crippen LogP contribution in [-0.4, -0.2) is 29.6 Å². The lowest BCUT2D eigenvalue weighted by atomic mass is 10.2. The number of sulfonamides is 1. The summed E-state index contributed by atoms with van der Waals surface area (Å²) in [6.45, 7) is 4.24. The average molecular weight is 437 g/mol. The van der Waals surface area contributed by atoms with Crippen molar-refractivity contribution in [3.8, 4) is 11.5 Å². The number of aryl methyl sites for hydroxylation is 3. The first-order valence-electron chi connectivity index (χ1n) is 10.0. The smallest absolute Gasteiger partial charge is 0.240 e. The van der Waals surface area contributed by atoms with Gasteiger partial charge in [0.2, 0.25) is 10.0 Å². The van der Waals surface area contributed by atoms with Gasteiger partial charge >= 0.3 is 0 Å². The molecule has 0 fully saturated rings. The Hall–Kier alpha value is -3.23. The zero-order chi connectivity index (χ0) is 21.8. The van der Waals surface area contributed by atoms with Crippen LogP contribution in [0.3, 0.4) is 0 Å². The maximum absolute atomic E-state index is 12.6. The highest BCUT2D eigenvalue weighted by Crippen LogP contribution is 2.23. The summed E-state index contributed by atoms with van der Waals surface area (Å²) in [5.41, 5.74) is 3.81. The molecule has 0 aliphatic carbocycles. The number of nitrogens with zero attached hydrogens (tertiary/aromatic N) is 3. The molecule has 0 amide bonds. The van der Waals surface area contributed by atoms with Crippen molar-refractivity contribution in [1.29, 1.82) is 0 Å². The Morgan fingerprint density at radius 1 is 1.03 bits per heavy atom. The number of nitrogens with one attached hydrogen (secondary N) is 1. The molecule has 0 radical (unpaired) electrons. The molecule has 0 atom stereocenters. The fraction of sp³-hybridized carbons (Fsp3) is 0.217. The second-order valence-corrected chi connectivity index (χ2v) is 9.21. The lowest BCUT2D eigenvalue weighted by molar-refractivity contribution is 0.481. The minimum Gasteiger partial charge on any atom is -0.457 e. The minimum absolute atomic E-state index is 0.208. The van der Waals surface area contributed by atoms with Crippen LogP contribution in [0.25, 0.3) is 5.65 Å². The Morgan fingerprint density at radius 3 is 2.61 bits per heavy atom. The molecule has 1 N–H and O–H groups in total. The topological polar surface area (TPSA) is 85.6 Å². The number of rotatable bonds is 8. The van der Waals surface area contributed by atoms with Crippen LogP contribution < -0.4 is 9.46 Å². The van der Waals surface area contributed by atoms with Gasteiger partial charge in [0.15, 0.2) is 5.65 Å². The molecule has 2 aromatic heterocycles. The first-order chi connectivity index (χ1) is 14.9. The van der Waals surface area contributed by atoms with Crippen molar-refractivity contribution >= 4 is 15.7 Å². The molecule has 0 aliphatic rings. The summed E-state index contributed by atoms with van der Waals surface area (Å²) in [6, 6.07) is 16.0. The summed E-state index contributed by atoms with van der Waals surface area (Å²) < 4.78 is 35.3. The maximum Gasteiger partial charge on any atom is 0.240 e. The molecular weight excluding hydrogens is 412 g/mol. The van der Waals surface area contributed by atoms with Crippen molar-refractivity contribution in [3.05, 3.63) is 83.8 Å². The summed E-state index contributed by atoms with van der Waals surface area (Å²) >= 11 is 0. The van der Waals surface area contributed by atoms with Gasteiger partial charge < -0.3 is 4.74 Å². The zero-order valence-electron chi connectivity index (χ0n) is 17.4. The lowest BCUT2D eigenvalue weighted by Gasteiger charge is -2.09. The third-order valence-electron chi connectivity index (χ3n) is 4.78. The fourth-order valence-corrected chi connectivity index (χ4v) is 4.32. The second kappa shape index (κ2) is 8.87. The van der Waals surface area contributed by atoms with Crippen LogP contribution in [0.1, 0.15) is 23.2 Å². The van der Waals surface area contributed by atoms with Crippen LogP contribution in [-0.2, 0) is 16.4 Å². The van der Waals surface area contributed by atoms with Crippen molar-refractivity contribution in [2.45, 2.75) is 31.6 Å². The molecule has 0 bridgehead atoms. The zero-order valence-corrected chi connectivity index (χ0v) is 18.3. The first-order valence-corrected chi connectivity index (χ1v) is 11.5. The molecule has 2 heterocycles. The lowest BCUT2D eigenvalue weighted by Crippen LogP contribution is -2.25. The summed E-state index contributed by atoms with van der Waals surface area (Å²) in [5.74, 6) is 1.30. The molecular formula is C23H24N4O3S. The largest absolute Gasteiger partial charge is 0.457 e. The molecule has 2 aromatic carbocycles. The van der Waals surface area contributed by atoms with Gasteiger partial charge in [0.1, 0.15) is 11.5 Å². The van der Waals surface area contributed by atoms with Gasteiger partial charge in [-0.15, -0.1) is 0 Å². The van der Waals surface area contributed by atoms with Gasteiger partial charge in [-0.2, -0.15) is 5.10 Å². The van der Waals surface area contributed by atoms with E-state index in [4.69, 9.17) is 4.74 Å². The molecule has 160 valence electrons. The normalized spacial score (nSPS) is 11.7. The van der Waals surface area contributed by atoms with Crippen molar-refractivity contribution in [2.24, 2.45) is 0 Å². The molecule has 4 rings (SSSR count). The van der Waals surface area contributed by atoms with Gasteiger partial charge in [-0.1, -0.05) is 12.1 Å². The molecule has 8 heteroatoms. The maximum atomic E-state index is 12.6. The van der Waals surface area contributed by atoms with E-state index in [1.54, 1.807) is 35.0 Å². The van der Waals surface area contributed by atoms with Crippen molar-refractivity contribution in [1.82, 2.24) is 19.3 Å².